The number of rotatable bonds is 5. The zero-order valence-corrected chi connectivity index (χ0v) is 15.8. The quantitative estimate of drug-likeness (QED) is 0.820. The van der Waals surface area contributed by atoms with E-state index in [0.29, 0.717) is 18.6 Å². The highest BCUT2D eigenvalue weighted by Crippen LogP contribution is 2.39. The first-order valence-electron chi connectivity index (χ1n) is 9.33. The molecule has 2 fully saturated rings. The van der Waals surface area contributed by atoms with Crippen LogP contribution in [-0.4, -0.2) is 58.7 Å². The minimum absolute atomic E-state index is 0.0331. The van der Waals surface area contributed by atoms with E-state index in [4.69, 9.17) is 4.74 Å². The molecule has 0 bridgehead atoms. The van der Waals surface area contributed by atoms with Crippen LogP contribution in [0.1, 0.15) is 43.2 Å². The predicted molar refractivity (Wildman–Crippen MR) is 98.1 cm³/mol. The molecule has 1 aromatic carbocycles. The Hall–Kier alpha value is -2.08. The fourth-order valence-electron chi connectivity index (χ4n) is 4.10. The second-order valence-corrected chi connectivity index (χ2v) is 7.58. The molecule has 0 radical (unpaired) electrons. The van der Waals surface area contributed by atoms with Crippen LogP contribution in [0, 0.1) is 13.8 Å². The van der Waals surface area contributed by atoms with Crippen LogP contribution in [0.15, 0.2) is 18.2 Å². The van der Waals surface area contributed by atoms with Crippen molar-refractivity contribution in [1.82, 2.24) is 9.80 Å². The molecule has 1 spiro atoms. The second kappa shape index (κ2) is 7.27. The average Bonchev–Trinajstić information content (AvgIpc) is 2.78. The van der Waals surface area contributed by atoms with Crippen molar-refractivity contribution in [2.45, 2.75) is 57.6 Å². The fourth-order valence-corrected chi connectivity index (χ4v) is 4.10. The number of aryl methyl sites for hydroxylation is 2. The zero-order chi connectivity index (χ0) is 18.9. The van der Waals surface area contributed by atoms with E-state index < -0.39 is 11.6 Å². The Balaban J connectivity index is 1.62. The average molecular weight is 360 g/mol. The van der Waals surface area contributed by atoms with Crippen LogP contribution < -0.4 is 4.74 Å². The summed E-state index contributed by atoms with van der Waals surface area (Å²) in [4.78, 5) is 28.3. The first-order chi connectivity index (χ1) is 12.3. The molecule has 26 heavy (non-hydrogen) atoms. The minimum atomic E-state index is -0.921. The van der Waals surface area contributed by atoms with Crippen molar-refractivity contribution in [2.75, 3.05) is 20.2 Å². The summed E-state index contributed by atoms with van der Waals surface area (Å²) in [6.45, 7) is 3.96. The molecule has 0 aromatic heterocycles. The van der Waals surface area contributed by atoms with E-state index in [2.05, 4.69) is 0 Å². The van der Waals surface area contributed by atoms with E-state index in [-0.39, 0.29) is 25.1 Å². The van der Waals surface area contributed by atoms with Gasteiger partial charge in [0.25, 0.3) is 5.91 Å². The summed E-state index contributed by atoms with van der Waals surface area (Å²) in [5.74, 6) is 0.532. The number of nitrogens with zero attached hydrogens (tertiary/aromatic N) is 2. The number of carbonyl (C=O) groups excluding carboxylic acids is 2. The van der Waals surface area contributed by atoms with Crippen molar-refractivity contribution >= 4 is 11.9 Å². The van der Waals surface area contributed by atoms with Crippen molar-refractivity contribution in [3.8, 4) is 5.75 Å². The van der Waals surface area contributed by atoms with Gasteiger partial charge in [-0.25, -0.2) is 4.79 Å². The Morgan fingerprint density at radius 1 is 1.19 bits per heavy atom. The lowest BCUT2D eigenvalue weighted by molar-refractivity contribution is -0.135. The number of urea groups is 1. The number of imide groups is 1. The standard InChI is InChI=1S/C20H28N2O4/c1-14-7-8-17(15(2)11-14)26-13-16(23)12-22-18(24)20(21(3)19(22)25)9-5-4-6-10-20/h7-8,11,16,23H,4-6,9-10,12-13H2,1-3H3/t16-/m1/s1. The Morgan fingerprint density at radius 2 is 1.88 bits per heavy atom. The number of hydrogen-bond acceptors (Lipinski definition) is 4. The highest BCUT2D eigenvalue weighted by molar-refractivity contribution is 6.07. The largest absolute Gasteiger partial charge is 0.491 e. The number of β-amino-alcohol motifs (C(OH)–C–C–N with tert-alkyl or cyclic N) is 1. The molecular weight excluding hydrogens is 332 g/mol. The molecule has 0 unspecified atom stereocenters. The number of ether oxygens (including phenoxy) is 1. The lowest BCUT2D eigenvalue weighted by Crippen LogP contribution is -2.49. The summed E-state index contributed by atoms with van der Waals surface area (Å²) < 4.78 is 5.69. The molecule has 142 valence electrons. The van der Waals surface area contributed by atoms with Crippen LogP contribution in [0.5, 0.6) is 5.75 Å². The van der Waals surface area contributed by atoms with Gasteiger partial charge in [-0.3, -0.25) is 9.69 Å². The molecule has 3 amide bonds. The van der Waals surface area contributed by atoms with E-state index in [1.807, 2.05) is 32.0 Å². The first kappa shape index (κ1) is 18.7. The van der Waals surface area contributed by atoms with Crippen LogP contribution in [0.4, 0.5) is 4.79 Å². The maximum Gasteiger partial charge on any atom is 0.327 e. The van der Waals surface area contributed by atoms with Crippen LogP contribution >= 0.6 is 0 Å². The number of carbonyl (C=O) groups is 2. The predicted octanol–water partition coefficient (Wildman–Crippen LogP) is 2.64. The van der Waals surface area contributed by atoms with Gasteiger partial charge in [-0.15, -0.1) is 0 Å². The molecule has 1 aliphatic carbocycles. The SMILES string of the molecule is Cc1ccc(OC[C@H](O)CN2C(=O)N(C)C3(CCCCC3)C2=O)c(C)c1. The van der Waals surface area contributed by atoms with Crippen molar-refractivity contribution in [3.05, 3.63) is 29.3 Å². The molecule has 1 heterocycles. The summed E-state index contributed by atoms with van der Waals surface area (Å²) in [5, 5.41) is 10.3. The summed E-state index contributed by atoms with van der Waals surface area (Å²) in [5.41, 5.74) is 1.43. The molecule has 1 N–H and O–H groups in total. The maximum atomic E-state index is 12.9. The molecule has 1 saturated heterocycles. The number of likely N-dealkylation sites (N-methyl/N-ethyl adjacent to an activating group) is 1. The number of hydrogen-bond donors (Lipinski definition) is 1. The van der Waals surface area contributed by atoms with Crippen molar-refractivity contribution in [1.29, 1.82) is 0 Å². The molecule has 2 aliphatic rings. The van der Waals surface area contributed by atoms with Gasteiger partial charge in [-0.05, 0) is 38.3 Å². The summed E-state index contributed by atoms with van der Waals surface area (Å²) >= 11 is 0. The Labute approximate surface area is 154 Å². The molecule has 1 atom stereocenters. The maximum absolute atomic E-state index is 12.9. The summed E-state index contributed by atoms with van der Waals surface area (Å²) in [6.07, 6.45) is 3.50. The number of benzene rings is 1. The van der Waals surface area contributed by atoms with Crippen LogP contribution in [0.25, 0.3) is 0 Å². The van der Waals surface area contributed by atoms with Gasteiger partial charge in [-0.1, -0.05) is 37.0 Å². The molecule has 1 saturated carbocycles. The number of aliphatic hydroxyl groups is 1. The Kier molecular flexibility index (Phi) is 5.23. The van der Waals surface area contributed by atoms with Gasteiger partial charge >= 0.3 is 6.03 Å². The van der Waals surface area contributed by atoms with E-state index in [0.717, 1.165) is 30.4 Å². The van der Waals surface area contributed by atoms with Gasteiger partial charge in [-0.2, -0.15) is 0 Å². The van der Waals surface area contributed by atoms with Crippen molar-refractivity contribution < 1.29 is 19.4 Å². The van der Waals surface area contributed by atoms with E-state index in [1.54, 1.807) is 11.9 Å². The number of amides is 3. The Morgan fingerprint density at radius 3 is 2.54 bits per heavy atom. The lowest BCUT2D eigenvalue weighted by Gasteiger charge is -2.35. The van der Waals surface area contributed by atoms with Gasteiger partial charge in [0.2, 0.25) is 0 Å². The van der Waals surface area contributed by atoms with Crippen LogP contribution in [0.2, 0.25) is 0 Å². The third-order valence-electron chi connectivity index (χ3n) is 5.64. The second-order valence-electron chi connectivity index (χ2n) is 7.58. The fraction of sp³-hybridized carbons (Fsp3) is 0.600. The van der Waals surface area contributed by atoms with Crippen molar-refractivity contribution in [3.63, 3.8) is 0 Å². The molecule has 6 heteroatoms. The van der Waals surface area contributed by atoms with Gasteiger partial charge in [0, 0.05) is 7.05 Å². The van der Waals surface area contributed by atoms with Gasteiger partial charge in [0.1, 0.15) is 24.0 Å². The summed E-state index contributed by atoms with van der Waals surface area (Å²) in [6, 6.07) is 5.51. The van der Waals surface area contributed by atoms with Crippen LogP contribution in [-0.2, 0) is 4.79 Å². The molecule has 3 rings (SSSR count). The third-order valence-corrected chi connectivity index (χ3v) is 5.64. The molecule has 6 nitrogen and oxygen atoms in total. The highest BCUT2D eigenvalue weighted by Gasteiger charge is 2.55. The lowest BCUT2D eigenvalue weighted by atomic mass is 9.81. The highest BCUT2D eigenvalue weighted by atomic mass is 16.5. The van der Waals surface area contributed by atoms with E-state index in [1.165, 1.54) is 4.90 Å². The Bertz CT molecular complexity index is 697. The van der Waals surface area contributed by atoms with Gasteiger partial charge < -0.3 is 14.7 Å². The first-order valence-corrected chi connectivity index (χ1v) is 9.33. The molecule has 1 aromatic rings. The smallest absolute Gasteiger partial charge is 0.327 e. The van der Waals surface area contributed by atoms with Crippen LogP contribution in [0.3, 0.4) is 0 Å². The third kappa shape index (κ3) is 3.30. The van der Waals surface area contributed by atoms with Gasteiger partial charge in [0.15, 0.2) is 0 Å². The van der Waals surface area contributed by atoms with Gasteiger partial charge in [0.05, 0.1) is 6.54 Å². The number of aliphatic hydroxyl groups excluding tert-OH is 1. The van der Waals surface area contributed by atoms with E-state index >= 15 is 0 Å². The molecule has 1 aliphatic heterocycles. The topological polar surface area (TPSA) is 70.1 Å². The van der Waals surface area contributed by atoms with E-state index in [9.17, 15) is 14.7 Å². The normalized spacial score (nSPS) is 20.8. The van der Waals surface area contributed by atoms with Crippen molar-refractivity contribution in [2.24, 2.45) is 0 Å². The molecular formula is C20H28N2O4. The monoisotopic (exact) mass is 360 g/mol. The zero-order valence-electron chi connectivity index (χ0n) is 15.8. The summed E-state index contributed by atoms with van der Waals surface area (Å²) in [7, 11) is 1.70. The minimum Gasteiger partial charge on any atom is -0.491 e.